The third-order valence-electron chi connectivity index (χ3n) is 3.28. The molecule has 0 aromatic heterocycles. The summed E-state index contributed by atoms with van der Waals surface area (Å²) in [5.74, 6) is 1.59. The van der Waals surface area contributed by atoms with E-state index in [2.05, 4.69) is 21.1 Å². The number of guanidine groups is 1. The zero-order valence-corrected chi connectivity index (χ0v) is 17.9. The quantitative estimate of drug-likeness (QED) is 0.341. The molecule has 2 aromatic carbocycles. The van der Waals surface area contributed by atoms with Crippen LogP contribution in [-0.2, 0) is 0 Å². The first-order valence-electron chi connectivity index (χ1n) is 9.12. The maximum atomic E-state index is 7.75. The van der Waals surface area contributed by atoms with Crippen molar-refractivity contribution in [3.05, 3.63) is 59.7 Å². The third-order valence-corrected chi connectivity index (χ3v) is 3.28. The van der Waals surface area contributed by atoms with Gasteiger partial charge in [0.15, 0.2) is 0 Å². The summed E-state index contributed by atoms with van der Waals surface area (Å²) in [5, 5.41) is 15.8. The zero-order valence-electron chi connectivity index (χ0n) is 17.0. The summed E-state index contributed by atoms with van der Waals surface area (Å²) in [4.78, 5) is 0. The van der Waals surface area contributed by atoms with Gasteiger partial charge in [-0.05, 0) is 87.4 Å². The number of rotatable bonds is 8. The fraction of sp³-hybridized carbons (Fsp3) is 0.286. The molecule has 0 aliphatic heterocycles. The minimum atomic E-state index is -0.0352. The largest absolute Gasteiger partial charge is 0.491 e. The molecular weight excluding hydrogens is 390 g/mol. The molecule has 0 amide bonds. The Morgan fingerprint density at radius 2 is 1.10 bits per heavy atom. The van der Waals surface area contributed by atoms with Gasteiger partial charge >= 0.3 is 0 Å². The fourth-order valence-corrected chi connectivity index (χ4v) is 2.18. The van der Waals surface area contributed by atoms with E-state index >= 15 is 0 Å². The molecule has 0 saturated heterocycles. The van der Waals surface area contributed by atoms with Crippen LogP contribution in [0.5, 0.6) is 11.5 Å². The van der Waals surface area contributed by atoms with Gasteiger partial charge in [-0.15, -0.1) is 12.4 Å². The highest BCUT2D eigenvalue weighted by Gasteiger charge is 1.98. The summed E-state index contributed by atoms with van der Waals surface area (Å²) >= 11 is 0. The molecular formula is C21H28ClN5O2. The van der Waals surface area contributed by atoms with E-state index in [0.29, 0.717) is 0 Å². The second-order valence-electron chi connectivity index (χ2n) is 6.59. The maximum Gasteiger partial charge on any atom is 0.230 e. The Bertz CT molecular complexity index is 735. The van der Waals surface area contributed by atoms with Crippen LogP contribution in [0.3, 0.4) is 0 Å². The van der Waals surface area contributed by atoms with Crippen molar-refractivity contribution in [3.63, 3.8) is 0 Å². The van der Waals surface area contributed by atoms with E-state index in [4.69, 9.17) is 14.9 Å². The van der Waals surface area contributed by atoms with E-state index in [1.165, 1.54) is 0 Å². The minimum Gasteiger partial charge on any atom is -0.491 e. The topological polar surface area (TPSA) is 91.1 Å². The lowest BCUT2D eigenvalue weighted by atomic mass is 10.2. The normalized spacial score (nSPS) is 11.0. The van der Waals surface area contributed by atoms with Crippen molar-refractivity contribution in [2.24, 2.45) is 10.2 Å². The summed E-state index contributed by atoms with van der Waals surface area (Å²) < 4.78 is 11.2. The predicted molar refractivity (Wildman–Crippen MR) is 121 cm³/mol. The molecule has 2 aromatic rings. The number of ether oxygens (including phenoxy) is 2. The second kappa shape index (κ2) is 12.4. The van der Waals surface area contributed by atoms with Crippen LogP contribution in [0.4, 0.5) is 0 Å². The Morgan fingerprint density at radius 3 is 1.41 bits per heavy atom. The molecule has 0 unspecified atom stereocenters. The van der Waals surface area contributed by atoms with Gasteiger partial charge in [-0.3, -0.25) is 5.41 Å². The summed E-state index contributed by atoms with van der Waals surface area (Å²) in [6, 6.07) is 15.1. The van der Waals surface area contributed by atoms with Gasteiger partial charge in [0, 0.05) is 0 Å². The van der Waals surface area contributed by atoms with Gasteiger partial charge in [0.05, 0.1) is 24.6 Å². The Balaban J connectivity index is 0.00000420. The number of halogens is 1. The summed E-state index contributed by atoms with van der Waals surface area (Å²) in [6.07, 6.45) is 3.51. The number of hydrazone groups is 2. The highest BCUT2D eigenvalue weighted by atomic mass is 35.5. The molecule has 0 radical (unpaired) electrons. The van der Waals surface area contributed by atoms with Gasteiger partial charge in [-0.1, -0.05) is 0 Å². The average molecular weight is 418 g/mol. The third kappa shape index (κ3) is 9.62. The number of nitrogens with zero attached hydrogens (tertiary/aromatic N) is 2. The van der Waals surface area contributed by atoms with Crippen molar-refractivity contribution < 1.29 is 9.47 Å². The van der Waals surface area contributed by atoms with E-state index in [9.17, 15) is 0 Å². The molecule has 156 valence electrons. The predicted octanol–water partition coefficient (Wildman–Crippen LogP) is 4.16. The number of hydrogen-bond acceptors (Lipinski definition) is 5. The SMILES string of the molecule is CC(C)Oc1ccc(/C=N/NC(=N)N/N=C/c2ccc(OC(C)C)cc2)cc1.Cl. The van der Waals surface area contributed by atoms with Crippen molar-refractivity contribution in [2.45, 2.75) is 39.9 Å². The summed E-state index contributed by atoms with van der Waals surface area (Å²) in [7, 11) is 0. The molecule has 0 bridgehead atoms. The van der Waals surface area contributed by atoms with E-state index in [1.54, 1.807) is 12.4 Å². The van der Waals surface area contributed by atoms with Crippen LogP contribution in [0.2, 0.25) is 0 Å². The highest BCUT2D eigenvalue weighted by molar-refractivity contribution is 5.85. The Labute approximate surface area is 178 Å². The van der Waals surface area contributed by atoms with E-state index in [1.807, 2.05) is 76.2 Å². The van der Waals surface area contributed by atoms with Crippen LogP contribution in [-0.4, -0.2) is 30.6 Å². The van der Waals surface area contributed by atoms with Crippen LogP contribution in [0, 0.1) is 5.41 Å². The van der Waals surface area contributed by atoms with Gasteiger partial charge in [0.25, 0.3) is 0 Å². The smallest absolute Gasteiger partial charge is 0.230 e. The van der Waals surface area contributed by atoms with Gasteiger partial charge in [-0.25, -0.2) is 10.9 Å². The highest BCUT2D eigenvalue weighted by Crippen LogP contribution is 2.13. The van der Waals surface area contributed by atoms with Crippen molar-refractivity contribution in [1.82, 2.24) is 10.9 Å². The van der Waals surface area contributed by atoms with E-state index in [0.717, 1.165) is 22.6 Å². The average Bonchev–Trinajstić information content (AvgIpc) is 2.64. The van der Waals surface area contributed by atoms with Gasteiger partial charge in [0.1, 0.15) is 11.5 Å². The summed E-state index contributed by atoms with van der Waals surface area (Å²) in [5.41, 5.74) is 6.93. The monoisotopic (exact) mass is 417 g/mol. The molecule has 0 fully saturated rings. The summed E-state index contributed by atoms with van der Waals surface area (Å²) in [6.45, 7) is 7.93. The number of nitrogens with one attached hydrogen (secondary N) is 3. The van der Waals surface area contributed by atoms with Crippen molar-refractivity contribution >= 4 is 30.8 Å². The van der Waals surface area contributed by atoms with E-state index < -0.39 is 0 Å². The molecule has 0 aliphatic carbocycles. The first kappa shape index (κ1) is 24.0. The van der Waals surface area contributed by atoms with Gasteiger partial charge in [-0.2, -0.15) is 10.2 Å². The lowest BCUT2D eigenvalue weighted by Crippen LogP contribution is -2.29. The molecule has 8 heteroatoms. The Morgan fingerprint density at radius 1 is 0.759 bits per heavy atom. The maximum absolute atomic E-state index is 7.75. The molecule has 2 rings (SSSR count). The molecule has 29 heavy (non-hydrogen) atoms. The molecule has 3 N–H and O–H groups in total. The zero-order chi connectivity index (χ0) is 20.4. The standard InChI is InChI=1S/C21H27N5O2.ClH/c1-15(2)27-19-9-5-17(6-10-19)13-23-25-21(22)26-24-14-18-7-11-20(12-8-18)28-16(3)4;/h5-16H,1-4H3,(H3,22,25,26);1H/b23-13+,24-14+;. The van der Waals surface area contributed by atoms with Gasteiger partial charge < -0.3 is 9.47 Å². The van der Waals surface area contributed by atoms with Crippen LogP contribution in [0.1, 0.15) is 38.8 Å². The second-order valence-corrected chi connectivity index (χ2v) is 6.59. The molecule has 0 atom stereocenters. The first-order chi connectivity index (χ1) is 13.4. The fourth-order valence-electron chi connectivity index (χ4n) is 2.18. The van der Waals surface area contributed by atoms with Crippen LogP contribution in [0.15, 0.2) is 58.7 Å². The minimum absolute atomic E-state index is 0. The van der Waals surface area contributed by atoms with Crippen LogP contribution in [0.25, 0.3) is 0 Å². The first-order valence-corrected chi connectivity index (χ1v) is 9.12. The molecule has 0 saturated carbocycles. The van der Waals surface area contributed by atoms with Gasteiger partial charge in [0.2, 0.25) is 5.96 Å². The molecule has 0 heterocycles. The van der Waals surface area contributed by atoms with Crippen LogP contribution >= 0.6 is 12.4 Å². The van der Waals surface area contributed by atoms with Crippen molar-refractivity contribution in [1.29, 1.82) is 5.41 Å². The van der Waals surface area contributed by atoms with Crippen molar-refractivity contribution in [2.75, 3.05) is 0 Å². The van der Waals surface area contributed by atoms with Crippen molar-refractivity contribution in [3.8, 4) is 11.5 Å². The lowest BCUT2D eigenvalue weighted by molar-refractivity contribution is 0.242. The molecule has 7 nitrogen and oxygen atoms in total. The van der Waals surface area contributed by atoms with E-state index in [-0.39, 0.29) is 30.6 Å². The molecule has 0 spiro atoms. The number of benzene rings is 2. The number of hydrogen-bond donors (Lipinski definition) is 3. The Hall–Kier alpha value is -3.06. The lowest BCUT2D eigenvalue weighted by Gasteiger charge is -2.09. The Kier molecular flexibility index (Phi) is 10.3. The molecule has 0 aliphatic rings. The van der Waals surface area contributed by atoms with Crippen LogP contribution < -0.4 is 20.3 Å².